The monoisotopic (exact) mass is 345 g/mol. The highest BCUT2D eigenvalue weighted by atomic mass is 19.3. The van der Waals surface area contributed by atoms with E-state index >= 15 is 0 Å². The summed E-state index contributed by atoms with van der Waals surface area (Å²) >= 11 is 0. The molecule has 24 heavy (non-hydrogen) atoms. The molecule has 0 heterocycles. The normalized spacial score (nSPS) is 29.2. The lowest BCUT2D eigenvalue weighted by atomic mass is 9.91. The van der Waals surface area contributed by atoms with E-state index in [1.165, 1.54) is 0 Å². The van der Waals surface area contributed by atoms with Crippen molar-refractivity contribution in [2.24, 2.45) is 17.4 Å². The smallest absolute Gasteiger partial charge is 0.253 e. The minimum absolute atomic E-state index is 0.0190. The van der Waals surface area contributed by atoms with Crippen LogP contribution in [0.1, 0.15) is 45.4 Å². The van der Waals surface area contributed by atoms with Crippen LogP contribution in [0.4, 0.5) is 8.78 Å². The molecule has 0 aromatic carbocycles. The molecular weight excluding hydrogens is 316 g/mol. The third-order valence-corrected chi connectivity index (χ3v) is 4.93. The molecule has 0 spiro atoms. The molecule has 1 rings (SSSR count). The van der Waals surface area contributed by atoms with Crippen molar-refractivity contribution in [3.05, 3.63) is 0 Å². The maximum absolute atomic E-state index is 12.4. The van der Waals surface area contributed by atoms with Crippen LogP contribution in [0, 0.1) is 17.2 Å². The Morgan fingerprint density at radius 2 is 2.04 bits per heavy atom. The number of carbonyl (C=O) groups is 1. The number of nitrogens with two attached hydrogens (primary N) is 2. The molecule has 0 aromatic heterocycles. The third kappa shape index (κ3) is 5.36. The van der Waals surface area contributed by atoms with Gasteiger partial charge in [0.15, 0.2) is 0 Å². The fraction of sp³-hybridized carbons (Fsp3) is 0.875. The standard InChI is InChI=1S/C16H29F2N5O/c1-3-6-16(22-2)7-10(9-19)13(8-16)23-15(24)12(21)5-4-11(20)14(17)18/h10-14,22H,3-8,20-21H2,1-2H3,(H,23,24). The minimum atomic E-state index is -2.62. The molecule has 1 amide bonds. The summed E-state index contributed by atoms with van der Waals surface area (Å²) in [5.74, 6) is -0.700. The SMILES string of the molecule is CCCC1(NC)CC(C#N)C(NC(=O)C(N)CCC(N)C(F)F)C1. The first-order chi connectivity index (χ1) is 11.3. The lowest BCUT2D eigenvalue weighted by Crippen LogP contribution is -2.48. The number of nitrogens with one attached hydrogen (secondary N) is 2. The minimum Gasteiger partial charge on any atom is -0.351 e. The van der Waals surface area contributed by atoms with E-state index in [4.69, 9.17) is 11.5 Å². The molecule has 1 saturated carbocycles. The number of hydrogen-bond donors (Lipinski definition) is 4. The van der Waals surface area contributed by atoms with Crippen LogP contribution in [0.25, 0.3) is 0 Å². The highest BCUT2D eigenvalue weighted by Gasteiger charge is 2.44. The first-order valence-electron chi connectivity index (χ1n) is 8.46. The quantitative estimate of drug-likeness (QED) is 0.494. The first-order valence-corrected chi connectivity index (χ1v) is 8.46. The summed E-state index contributed by atoms with van der Waals surface area (Å²) in [7, 11) is 1.87. The number of amides is 1. The maximum atomic E-state index is 12.4. The summed E-state index contributed by atoms with van der Waals surface area (Å²) < 4.78 is 24.8. The predicted octanol–water partition coefficient (Wildman–Crippen LogP) is 0.863. The fourth-order valence-corrected chi connectivity index (χ4v) is 3.43. The fourth-order valence-electron chi connectivity index (χ4n) is 3.43. The number of alkyl halides is 2. The number of carbonyl (C=O) groups excluding carboxylic acids is 1. The Morgan fingerprint density at radius 3 is 2.54 bits per heavy atom. The highest BCUT2D eigenvalue weighted by molar-refractivity contribution is 5.81. The average molecular weight is 345 g/mol. The van der Waals surface area contributed by atoms with Crippen molar-refractivity contribution in [1.29, 1.82) is 5.26 Å². The molecule has 0 aliphatic heterocycles. The third-order valence-electron chi connectivity index (χ3n) is 4.93. The van der Waals surface area contributed by atoms with E-state index in [2.05, 4.69) is 23.6 Å². The van der Waals surface area contributed by atoms with Gasteiger partial charge < -0.3 is 22.1 Å². The predicted molar refractivity (Wildman–Crippen MR) is 88.2 cm³/mol. The lowest BCUT2D eigenvalue weighted by Gasteiger charge is -2.28. The van der Waals surface area contributed by atoms with Gasteiger partial charge in [0, 0.05) is 11.6 Å². The Labute approximate surface area is 142 Å². The summed E-state index contributed by atoms with van der Waals surface area (Å²) in [4.78, 5) is 12.2. The van der Waals surface area contributed by atoms with Gasteiger partial charge in [0.1, 0.15) is 0 Å². The summed E-state index contributed by atoms with van der Waals surface area (Å²) in [5, 5.41) is 15.5. The Bertz CT molecular complexity index is 456. The summed E-state index contributed by atoms with van der Waals surface area (Å²) in [6.07, 6.45) is 0.675. The molecule has 0 aromatic rings. The van der Waals surface area contributed by atoms with E-state index in [0.717, 1.165) is 12.8 Å². The van der Waals surface area contributed by atoms with Crippen LogP contribution in [-0.4, -0.2) is 43.0 Å². The van der Waals surface area contributed by atoms with Crippen LogP contribution < -0.4 is 22.1 Å². The van der Waals surface area contributed by atoms with Crippen molar-refractivity contribution < 1.29 is 13.6 Å². The Balaban J connectivity index is 2.60. The zero-order valence-electron chi connectivity index (χ0n) is 14.4. The number of rotatable bonds is 9. The van der Waals surface area contributed by atoms with Gasteiger partial charge in [-0.25, -0.2) is 8.78 Å². The van der Waals surface area contributed by atoms with E-state index in [-0.39, 0.29) is 30.3 Å². The lowest BCUT2D eigenvalue weighted by molar-refractivity contribution is -0.123. The molecule has 0 bridgehead atoms. The molecule has 0 saturated heterocycles. The number of halogens is 2. The zero-order chi connectivity index (χ0) is 18.3. The second-order valence-electron chi connectivity index (χ2n) is 6.72. The first kappa shape index (κ1) is 20.7. The van der Waals surface area contributed by atoms with E-state index in [0.29, 0.717) is 12.8 Å². The van der Waals surface area contributed by atoms with E-state index in [1.807, 2.05) is 7.05 Å². The summed E-state index contributed by atoms with van der Waals surface area (Å²) in [6.45, 7) is 2.08. The van der Waals surface area contributed by atoms with Crippen LogP contribution in [0.15, 0.2) is 0 Å². The van der Waals surface area contributed by atoms with Gasteiger partial charge in [-0.3, -0.25) is 4.79 Å². The molecule has 6 N–H and O–H groups in total. The van der Waals surface area contributed by atoms with Crippen LogP contribution in [0.3, 0.4) is 0 Å². The highest BCUT2D eigenvalue weighted by Crippen LogP contribution is 2.37. The molecule has 1 aliphatic carbocycles. The summed E-state index contributed by atoms with van der Waals surface area (Å²) in [6, 6.07) is -0.198. The molecule has 5 atom stereocenters. The van der Waals surface area contributed by atoms with Crippen molar-refractivity contribution in [3.63, 3.8) is 0 Å². The average Bonchev–Trinajstić information content (AvgIpc) is 2.90. The molecule has 6 nitrogen and oxygen atoms in total. The summed E-state index contributed by atoms with van der Waals surface area (Å²) in [5.41, 5.74) is 10.9. The van der Waals surface area contributed by atoms with E-state index < -0.39 is 24.4 Å². The van der Waals surface area contributed by atoms with Gasteiger partial charge in [0.05, 0.1) is 24.1 Å². The molecule has 5 unspecified atom stereocenters. The van der Waals surface area contributed by atoms with Gasteiger partial charge in [-0.15, -0.1) is 0 Å². The van der Waals surface area contributed by atoms with Crippen LogP contribution in [-0.2, 0) is 4.79 Å². The van der Waals surface area contributed by atoms with E-state index in [9.17, 15) is 18.8 Å². The van der Waals surface area contributed by atoms with Gasteiger partial charge in [-0.2, -0.15) is 5.26 Å². The van der Waals surface area contributed by atoms with Crippen molar-refractivity contribution in [3.8, 4) is 6.07 Å². The van der Waals surface area contributed by atoms with Gasteiger partial charge in [0.2, 0.25) is 5.91 Å². The Kier molecular flexibility index (Phi) is 8.00. The molecule has 8 heteroatoms. The second kappa shape index (κ2) is 9.25. The van der Waals surface area contributed by atoms with Gasteiger partial charge in [-0.05, 0) is 39.2 Å². The van der Waals surface area contributed by atoms with Crippen LogP contribution >= 0.6 is 0 Å². The largest absolute Gasteiger partial charge is 0.351 e. The number of hydrogen-bond acceptors (Lipinski definition) is 5. The molecule has 138 valence electrons. The molecule has 0 radical (unpaired) electrons. The van der Waals surface area contributed by atoms with Gasteiger partial charge in [-0.1, -0.05) is 13.3 Å². The van der Waals surface area contributed by atoms with Crippen molar-refractivity contribution >= 4 is 5.91 Å². The van der Waals surface area contributed by atoms with Crippen LogP contribution in [0.5, 0.6) is 0 Å². The van der Waals surface area contributed by atoms with Crippen molar-refractivity contribution in [2.75, 3.05) is 7.05 Å². The Hall–Kier alpha value is -1.30. The van der Waals surface area contributed by atoms with Gasteiger partial charge in [0.25, 0.3) is 6.43 Å². The maximum Gasteiger partial charge on any atom is 0.253 e. The molecular formula is C16H29F2N5O. The van der Waals surface area contributed by atoms with E-state index in [1.54, 1.807) is 0 Å². The topological polar surface area (TPSA) is 117 Å². The van der Waals surface area contributed by atoms with Crippen LogP contribution in [0.2, 0.25) is 0 Å². The number of nitriles is 1. The zero-order valence-corrected chi connectivity index (χ0v) is 14.4. The molecule has 1 aliphatic rings. The Morgan fingerprint density at radius 1 is 1.38 bits per heavy atom. The number of nitrogens with zero attached hydrogens (tertiary/aromatic N) is 1. The second-order valence-corrected chi connectivity index (χ2v) is 6.72. The van der Waals surface area contributed by atoms with Crippen molar-refractivity contribution in [1.82, 2.24) is 10.6 Å². The molecule has 1 fully saturated rings. The van der Waals surface area contributed by atoms with Gasteiger partial charge >= 0.3 is 0 Å². The van der Waals surface area contributed by atoms with Crippen molar-refractivity contribution in [2.45, 2.75) is 75.5 Å².